The first-order valence-corrected chi connectivity index (χ1v) is 5.06. The van der Waals surface area contributed by atoms with Gasteiger partial charge >= 0.3 is 5.69 Å². The fourth-order valence-corrected chi connectivity index (χ4v) is 1.47. The van der Waals surface area contributed by atoms with Crippen LogP contribution in [0.2, 0.25) is 0 Å². The van der Waals surface area contributed by atoms with Gasteiger partial charge in [0.25, 0.3) is 5.56 Å². The maximum absolute atomic E-state index is 11.5. The quantitative estimate of drug-likeness (QED) is 0.762. The van der Waals surface area contributed by atoms with Crippen LogP contribution < -0.4 is 11.2 Å². The number of furan rings is 1. The Labute approximate surface area is 101 Å². The van der Waals surface area contributed by atoms with Crippen LogP contribution in [0.1, 0.15) is 17.1 Å². The van der Waals surface area contributed by atoms with Gasteiger partial charge in [0, 0.05) is 6.20 Å². The van der Waals surface area contributed by atoms with E-state index in [0.29, 0.717) is 11.5 Å². The van der Waals surface area contributed by atoms with Gasteiger partial charge in [-0.2, -0.15) is 5.26 Å². The van der Waals surface area contributed by atoms with Crippen LogP contribution in [0.5, 0.6) is 0 Å². The second-order valence-corrected chi connectivity index (χ2v) is 3.57. The van der Waals surface area contributed by atoms with Crippen molar-refractivity contribution >= 4 is 0 Å². The first-order valence-electron chi connectivity index (χ1n) is 5.06. The van der Waals surface area contributed by atoms with Crippen molar-refractivity contribution in [3.63, 3.8) is 0 Å². The van der Waals surface area contributed by atoms with E-state index in [2.05, 4.69) is 0 Å². The summed E-state index contributed by atoms with van der Waals surface area (Å²) in [5.41, 5.74) is -1.49. The zero-order chi connectivity index (χ0) is 13.1. The topological polar surface area (TPSA) is 112 Å². The Morgan fingerprint density at radius 2 is 2.11 bits per heavy atom. The van der Waals surface area contributed by atoms with Gasteiger partial charge in [-0.05, 0) is 12.1 Å². The molecule has 2 rings (SSSR count). The molecular formula is C11H9N3O4. The highest BCUT2D eigenvalue weighted by atomic mass is 16.4. The standard InChI is InChI=1S/C11H9N3O4/c12-3-7-4-14(11(17)13-10(7)16)5-8-1-2-9(6-15)18-8/h1-2,4,15H,5-6H2,(H,13,16,17). The van der Waals surface area contributed by atoms with Crippen LogP contribution >= 0.6 is 0 Å². The summed E-state index contributed by atoms with van der Waals surface area (Å²) in [6, 6.07) is 4.88. The van der Waals surface area contributed by atoms with Crippen molar-refractivity contribution in [3.8, 4) is 6.07 Å². The molecule has 2 N–H and O–H groups in total. The Morgan fingerprint density at radius 3 is 2.72 bits per heavy atom. The van der Waals surface area contributed by atoms with E-state index in [-0.39, 0.29) is 18.7 Å². The van der Waals surface area contributed by atoms with Crippen molar-refractivity contribution in [2.45, 2.75) is 13.2 Å². The molecule has 0 aliphatic rings. The molecule has 2 aromatic heterocycles. The third-order valence-electron chi connectivity index (χ3n) is 2.33. The Kier molecular flexibility index (Phi) is 3.12. The first kappa shape index (κ1) is 11.9. The Hall–Kier alpha value is -2.59. The largest absolute Gasteiger partial charge is 0.462 e. The van der Waals surface area contributed by atoms with Crippen LogP contribution in [0, 0.1) is 11.3 Å². The number of nitrogens with zero attached hydrogens (tertiary/aromatic N) is 2. The van der Waals surface area contributed by atoms with Crippen LogP contribution in [0.15, 0.2) is 32.3 Å². The molecule has 0 aromatic carbocycles. The van der Waals surface area contributed by atoms with Crippen molar-refractivity contribution in [1.82, 2.24) is 9.55 Å². The van der Waals surface area contributed by atoms with Gasteiger partial charge in [-0.3, -0.25) is 14.3 Å². The van der Waals surface area contributed by atoms with Gasteiger partial charge in [-0.25, -0.2) is 4.79 Å². The molecule has 0 bridgehead atoms. The van der Waals surface area contributed by atoms with Gasteiger partial charge in [-0.1, -0.05) is 0 Å². The summed E-state index contributed by atoms with van der Waals surface area (Å²) in [6.07, 6.45) is 1.17. The number of H-pyrrole nitrogens is 1. The van der Waals surface area contributed by atoms with Crippen LogP contribution in [0.3, 0.4) is 0 Å². The third kappa shape index (κ3) is 2.23. The third-order valence-corrected chi connectivity index (χ3v) is 2.33. The Balaban J connectivity index is 2.37. The smallest absolute Gasteiger partial charge is 0.328 e. The van der Waals surface area contributed by atoms with Gasteiger partial charge in [0.1, 0.15) is 29.8 Å². The maximum atomic E-state index is 11.5. The summed E-state index contributed by atoms with van der Waals surface area (Å²) < 4.78 is 6.36. The molecule has 92 valence electrons. The van der Waals surface area contributed by atoms with E-state index >= 15 is 0 Å². The molecule has 7 heteroatoms. The highest BCUT2D eigenvalue weighted by Gasteiger charge is 2.07. The monoisotopic (exact) mass is 247 g/mol. The molecule has 18 heavy (non-hydrogen) atoms. The van der Waals surface area contributed by atoms with Crippen molar-refractivity contribution in [1.29, 1.82) is 5.26 Å². The molecule has 0 aliphatic heterocycles. The minimum Gasteiger partial charge on any atom is -0.462 e. The van der Waals surface area contributed by atoms with Gasteiger partial charge < -0.3 is 9.52 Å². The van der Waals surface area contributed by atoms with Crippen LogP contribution in [-0.2, 0) is 13.2 Å². The van der Waals surface area contributed by atoms with E-state index in [9.17, 15) is 9.59 Å². The molecule has 7 nitrogen and oxygen atoms in total. The number of nitrogens with one attached hydrogen (secondary N) is 1. The second-order valence-electron chi connectivity index (χ2n) is 3.57. The number of nitriles is 1. The zero-order valence-electron chi connectivity index (χ0n) is 9.21. The van der Waals surface area contributed by atoms with E-state index in [1.54, 1.807) is 18.2 Å². The summed E-state index contributed by atoms with van der Waals surface area (Å²) in [5, 5.41) is 17.5. The Morgan fingerprint density at radius 1 is 1.39 bits per heavy atom. The fourth-order valence-electron chi connectivity index (χ4n) is 1.47. The highest BCUT2D eigenvalue weighted by molar-refractivity contribution is 5.22. The maximum Gasteiger partial charge on any atom is 0.328 e. The average Bonchev–Trinajstić information content (AvgIpc) is 2.80. The SMILES string of the molecule is N#Cc1cn(Cc2ccc(CO)o2)c(=O)[nH]c1=O. The minimum absolute atomic E-state index is 0.0737. The van der Waals surface area contributed by atoms with Gasteiger partial charge in [0.2, 0.25) is 0 Å². The minimum atomic E-state index is -0.714. The fraction of sp³-hybridized carbons (Fsp3) is 0.182. The lowest BCUT2D eigenvalue weighted by Gasteiger charge is -2.02. The number of hydrogen-bond acceptors (Lipinski definition) is 5. The molecule has 0 aliphatic carbocycles. The Bertz CT molecular complexity index is 717. The van der Waals surface area contributed by atoms with Gasteiger partial charge in [0.15, 0.2) is 0 Å². The lowest BCUT2D eigenvalue weighted by molar-refractivity contribution is 0.243. The molecule has 0 saturated heterocycles. The average molecular weight is 247 g/mol. The van der Waals surface area contributed by atoms with Crippen molar-refractivity contribution in [3.05, 3.63) is 56.3 Å². The molecule has 0 fully saturated rings. The number of hydrogen-bond donors (Lipinski definition) is 2. The number of aromatic nitrogens is 2. The van der Waals surface area contributed by atoms with E-state index in [1.807, 2.05) is 4.98 Å². The van der Waals surface area contributed by atoms with Crippen LogP contribution in [-0.4, -0.2) is 14.7 Å². The van der Waals surface area contributed by atoms with E-state index < -0.39 is 11.2 Å². The van der Waals surface area contributed by atoms with Crippen molar-refractivity contribution in [2.24, 2.45) is 0 Å². The zero-order valence-corrected chi connectivity index (χ0v) is 9.21. The molecule has 0 spiro atoms. The molecule has 0 saturated carbocycles. The molecule has 2 aromatic rings. The lowest BCUT2D eigenvalue weighted by Crippen LogP contribution is -2.31. The second kappa shape index (κ2) is 4.73. The molecule has 2 heterocycles. The predicted molar refractivity (Wildman–Crippen MR) is 59.8 cm³/mol. The molecule has 0 amide bonds. The van der Waals surface area contributed by atoms with Gasteiger partial charge in [-0.15, -0.1) is 0 Å². The van der Waals surface area contributed by atoms with Crippen LogP contribution in [0.25, 0.3) is 0 Å². The van der Waals surface area contributed by atoms with E-state index in [1.165, 1.54) is 6.20 Å². The number of aromatic amines is 1. The van der Waals surface area contributed by atoms with Crippen LogP contribution in [0.4, 0.5) is 0 Å². The summed E-state index contributed by atoms with van der Waals surface area (Å²) >= 11 is 0. The van der Waals surface area contributed by atoms with E-state index in [4.69, 9.17) is 14.8 Å². The van der Waals surface area contributed by atoms with Crippen molar-refractivity contribution < 1.29 is 9.52 Å². The van der Waals surface area contributed by atoms with Crippen molar-refractivity contribution in [2.75, 3.05) is 0 Å². The lowest BCUT2D eigenvalue weighted by atomic mass is 10.3. The first-order chi connectivity index (χ1) is 8.63. The highest BCUT2D eigenvalue weighted by Crippen LogP contribution is 2.08. The molecule has 0 atom stereocenters. The summed E-state index contributed by atoms with van der Waals surface area (Å²) in [4.78, 5) is 24.7. The predicted octanol–water partition coefficient (Wildman–Crippen LogP) is -0.458. The van der Waals surface area contributed by atoms with E-state index in [0.717, 1.165) is 4.57 Å². The normalized spacial score (nSPS) is 10.2. The molecule has 0 radical (unpaired) electrons. The summed E-state index contributed by atoms with van der Waals surface area (Å²) in [5.74, 6) is 0.820. The summed E-state index contributed by atoms with van der Waals surface area (Å²) in [7, 11) is 0. The number of rotatable bonds is 3. The van der Waals surface area contributed by atoms with Gasteiger partial charge in [0.05, 0.1) is 6.54 Å². The number of aliphatic hydroxyl groups excluding tert-OH is 1. The number of aliphatic hydroxyl groups is 1. The summed E-state index contributed by atoms with van der Waals surface area (Å²) in [6.45, 7) is -0.158. The molecule has 0 unspecified atom stereocenters. The molecular weight excluding hydrogens is 238 g/mol.